The fourth-order valence-electron chi connectivity index (χ4n) is 2.00. The lowest BCUT2D eigenvalue weighted by Crippen LogP contribution is -2.36. The summed E-state index contributed by atoms with van der Waals surface area (Å²) in [6.07, 6.45) is 0. The summed E-state index contributed by atoms with van der Waals surface area (Å²) in [6, 6.07) is 15.3. The molecule has 8 heteroatoms. The Hall–Kier alpha value is -3.23. The van der Waals surface area contributed by atoms with Gasteiger partial charge in [-0.25, -0.2) is 9.59 Å². The van der Waals surface area contributed by atoms with Gasteiger partial charge in [0.15, 0.2) is 0 Å². The summed E-state index contributed by atoms with van der Waals surface area (Å²) >= 11 is 0. The summed E-state index contributed by atoms with van der Waals surface area (Å²) in [5.74, 6) is -3.84. The van der Waals surface area contributed by atoms with Gasteiger partial charge in [-0.15, -0.1) is 0 Å². The minimum atomic E-state index is -1.55. The van der Waals surface area contributed by atoms with Gasteiger partial charge in [-0.05, 0) is 17.7 Å². The minimum Gasteiger partial charge on any atom is -0.478 e. The number of carboxylic acids is 1. The first kappa shape index (κ1) is 23.8. The Balaban J connectivity index is 0.000000326. The summed E-state index contributed by atoms with van der Waals surface area (Å²) in [6.45, 7) is 3.17. The molecular weight excluding hydrogens is 380 g/mol. The summed E-state index contributed by atoms with van der Waals surface area (Å²) < 4.78 is 19.5. The zero-order valence-corrected chi connectivity index (χ0v) is 16.7. The van der Waals surface area contributed by atoms with Crippen LogP contribution in [0.3, 0.4) is 0 Å². The molecule has 0 aromatic heterocycles. The summed E-state index contributed by atoms with van der Waals surface area (Å²) in [4.78, 5) is 33.2. The van der Waals surface area contributed by atoms with Gasteiger partial charge < -0.3 is 24.1 Å². The largest absolute Gasteiger partial charge is 0.478 e. The average molecular weight is 404 g/mol. The fourth-order valence-corrected chi connectivity index (χ4v) is 2.00. The van der Waals surface area contributed by atoms with Crippen molar-refractivity contribution < 1.29 is 38.4 Å². The van der Waals surface area contributed by atoms with Gasteiger partial charge in [0.2, 0.25) is 0 Å². The second-order valence-electron chi connectivity index (χ2n) is 5.78. The Morgan fingerprint density at radius 3 is 1.90 bits per heavy atom. The fraction of sp³-hybridized carbons (Fsp3) is 0.286. The molecule has 156 valence electrons. The van der Waals surface area contributed by atoms with Crippen LogP contribution in [-0.4, -0.2) is 43.2 Å². The zero-order valence-electron chi connectivity index (χ0n) is 16.7. The maximum atomic E-state index is 11.9. The molecule has 2 aromatic rings. The maximum Gasteiger partial charge on any atom is 0.343 e. The number of carbonyl (C=O) groups is 3. The van der Waals surface area contributed by atoms with Gasteiger partial charge in [-0.3, -0.25) is 4.79 Å². The van der Waals surface area contributed by atoms with Gasteiger partial charge in [0, 0.05) is 28.1 Å². The van der Waals surface area contributed by atoms with Crippen molar-refractivity contribution in [3.05, 3.63) is 71.3 Å². The Bertz CT molecular complexity index is 812. The van der Waals surface area contributed by atoms with E-state index < -0.39 is 17.9 Å². The topological polar surface area (TPSA) is 108 Å². The first-order valence-electron chi connectivity index (χ1n) is 8.55. The van der Waals surface area contributed by atoms with Gasteiger partial charge in [-0.1, -0.05) is 42.5 Å². The molecule has 0 aliphatic carbocycles. The highest BCUT2D eigenvalue weighted by atomic mass is 16.9. The lowest BCUT2D eigenvalue weighted by molar-refractivity contribution is -0.323. The molecule has 0 heterocycles. The van der Waals surface area contributed by atoms with Gasteiger partial charge in [0.25, 0.3) is 0 Å². The van der Waals surface area contributed by atoms with E-state index in [2.05, 4.69) is 0 Å². The monoisotopic (exact) mass is 404 g/mol. The van der Waals surface area contributed by atoms with E-state index in [1.165, 1.54) is 46.3 Å². The number of ether oxygens (including phenoxy) is 4. The molecule has 8 nitrogen and oxygen atoms in total. The standard InChI is InChI=1S/C12H14O6.C9H10O2/c1-12(16-2,17-3)18-11(15)9-7-5-4-6-8(9)10(13)14;1-8(10)11-7-9-5-3-2-4-6-9/h4-7H,1-3H3,(H,13,14);2-6H,7H2,1H3. The SMILES string of the molecule is CC(=O)OCc1ccccc1.COC(C)(OC)OC(=O)c1ccccc1C(=O)O. The molecule has 0 spiro atoms. The Morgan fingerprint density at radius 1 is 0.897 bits per heavy atom. The zero-order chi connectivity index (χ0) is 21.9. The van der Waals surface area contributed by atoms with Crippen molar-refractivity contribution in [1.82, 2.24) is 0 Å². The van der Waals surface area contributed by atoms with Crippen molar-refractivity contribution in [2.45, 2.75) is 26.4 Å². The molecule has 2 rings (SSSR count). The number of rotatable bonds is 7. The first-order chi connectivity index (χ1) is 13.7. The van der Waals surface area contributed by atoms with Crippen molar-refractivity contribution in [2.75, 3.05) is 14.2 Å². The molecule has 0 fully saturated rings. The third kappa shape index (κ3) is 8.12. The van der Waals surface area contributed by atoms with Gasteiger partial charge in [-0.2, -0.15) is 0 Å². The van der Waals surface area contributed by atoms with E-state index in [1.807, 2.05) is 30.3 Å². The predicted molar refractivity (Wildman–Crippen MR) is 103 cm³/mol. The molecular formula is C21H24O8. The molecule has 1 N–H and O–H groups in total. The van der Waals surface area contributed by atoms with Crippen LogP contribution in [0.5, 0.6) is 0 Å². The van der Waals surface area contributed by atoms with E-state index in [-0.39, 0.29) is 17.1 Å². The molecule has 0 saturated carbocycles. The third-order valence-corrected chi connectivity index (χ3v) is 3.68. The van der Waals surface area contributed by atoms with E-state index >= 15 is 0 Å². The molecule has 0 aliphatic heterocycles. The molecule has 0 amide bonds. The highest BCUT2D eigenvalue weighted by Gasteiger charge is 2.30. The predicted octanol–water partition coefficient (Wildman–Crippen LogP) is 3.26. The average Bonchev–Trinajstić information content (AvgIpc) is 2.73. The smallest absolute Gasteiger partial charge is 0.343 e. The van der Waals surface area contributed by atoms with E-state index in [9.17, 15) is 14.4 Å². The Kier molecular flexibility index (Phi) is 9.50. The number of hydrogen-bond acceptors (Lipinski definition) is 7. The second kappa shape index (κ2) is 11.6. The van der Waals surface area contributed by atoms with Gasteiger partial charge in [0.1, 0.15) is 6.61 Å². The summed E-state index contributed by atoms with van der Waals surface area (Å²) in [5, 5.41) is 8.96. The van der Waals surface area contributed by atoms with Crippen molar-refractivity contribution in [3.63, 3.8) is 0 Å². The lowest BCUT2D eigenvalue weighted by atomic mass is 10.1. The van der Waals surface area contributed by atoms with Crippen LogP contribution in [0.15, 0.2) is 54.6 Å². The third-order valence-electron chi connectivity index (χ3n) is 3.68. The Morgan fingerprint density at radius 2 is 1.41 bits per heavy atom. The quantitative estimate of drug-likeness (QED) is 0.553. The minimum absolute atomic E-state index is 0.0645. The number of carboxylic acid groups (broad SMARTS) is 1. The molecule has 0 radical (unpaired) electrons. The van der Waals surface area contributed by atoms with Crippen LogP contribution in [0.25, 0.3) is 0 Å². The van der Waals surface area contributed by atoms with E-state index in [0.29, 0.717) is 6.61 Å². The van der Waals surface area contributed by atoms with Crippen LogP contribution in [0.4, 0.5) is 0 Å². The van der Waals surface area contributed by atoms with Crippen molar-refractivity contribution in [1.29, 1.82) is 0 Å². The van der Waals surface area contributed by atoms with Crippen LogP contribution in [0, 0.1) is 0 Å². The van der Waals surface area contributed by atoms with Crippen LogP contribution < -0.4 is 0 Å². The first-order valence-corrected chi connectivity index (χ1v) is 8.55. The van der Waals surface area contributed by atoms with Crippen LogP contribution in [0.1, 0.15) is 40.1 Å². The van der Waals surface area contributed by atoms with Crippen molar-refractivity contribution >= 4 is 17.9 Å². The molecule has 0 unspecified atom stereocenters. The molecule has 0 aliphatic rings. The molecule has 29 heavy (non-hydrogen) atoms. The highest BCUT2D eigenvalue weighted by molar-refractivity contribution is 6.02. The summed E-state index contributed by atoms with van der Waals surface area (Å²) in [7, 11) is 2.61. The van der Waals surface area contributed by atoms with Crippen LogP contribution in [-0.2, 0) is 30.3 Å². The number of hydrogen-bond donors (Lipinski definition) is 1. The van der Waals surface area contributed by atoms with Gasteiger partial charge >= 0.3 is 23.9 Å². The van der Waals surface area contributed by atoms with E-state index in [1.54, 1.807) is 6.07 Å². The second-order valence-corrected chi connectivity index (χ2v) is 5.78. The Labute approximate surface area is 169 Å². The normalized spacial score (nSPS) is 10.3. The molecule has 0 bridgehead atoms. The van der Waals surface area contributed by atoms with Gasteiger partial charge in [0.05, 0.1) is 11.1 Å². The molecule has 0 saturated heterocycles. The summed E-state index contributed by atoms with van der Waals surface area (Å²) in [5.41, 5.74) is 0.810. The highest BCUT2D eigenvalue weighted by Crippen LogP contribution is 2.17. The van der Waals surface area contributed by atoms with Crippen molar-refractivity contribution in [2.24, 2.45) is 0 Å². The molecule has 2 aromatic carbocycles. The van der Waals surface area contributed by atoms with E-state index in [0.717, 1.165) is 5.56 Å². The number of methoxy groups -OCH3 is 2. The maximum absolute atomic E-state index is 11.9. The number of esters is 2. The number of aromatic carboxylic acids is 1. The number of carbonyl (C=O) groups excluding carboxylic acids is 2. The van der Waals surface area contributed by atoms with Crippen LogP contribution >= 0.6 is 0 Å². The number of benzene rings is 2. The van der Waals surface area contributed by atoms with Crippen LogP contribution in [0.2, 0.25) is 0 Å². The lowest BCUT2D eigenvalue weighted by Gasteiger charge is -2.25. The van der Waals surface area contributed by atoms with E-state index in [4.69, 9.17) is 24.1 Å². The molecule has 0 atom stereocenters. The van der Waals surface area contributed by atoms with Crippen molar-refractivity contribution in [3.8, 4) is 0 Å².